The second-order valence-corrected chi connectivity index (χ2v) is 6.78. The number of sulfonamides is 1. The minimum atomic E-state index is -3.33. The molecule has 108 valence electrons. The van der Waals surface area contributed by atoms with Gasteiger partial charge in [-0.25, -0.2) is 13.1 Å². The number of hydrogen-bond acceptors (Lipinski definition) is 3. The lowest BCUT2D eigenvalue weighted by Crippen LogP contribution is -2.37. The van der Waals surface area contributed by atoms with E-state index in [-0.39, 0.29) is 11.8 Å². The molecule has 0 fully saturated rings. The molecule has 0 aliphatic heterocycles. The van der Waals surface area contributed by atoms with Crippen molar-refractivity contribution in [1.29, 1.82) is 0 Å². The van der Waals surface area contributed by atoms with Crippen LogP contribution in [0.2, 0.25) is 0 Å². The summed E-state index contributed by atoms with van der Waals surface area (Å²) < 4.78 is 27.0. The maximum atomic E-state index is 12.1. The molecule has 0 bridgehead atoms. The molecule has 2 unspecified atom stereocenters. The highest BCUT2D eigenvalue weighted by atomic mass is 32.2. The van der Waals surface area contributed by atoms with Crippen LogP contribution in [0.1, 0.15) is 38.3 Å². The normalized spacial score (nSPS) is 15.2. The highest BCUT2D eigenvalue weighted by molar-refractivity contribution is 7.88. The molecule has 0 saturated heterocycles. The van der Waals surface area contributed by atoms with E-state index in [1.807, 2.05) is 38.1 Å². The predicted octanol–water partition coefficient (Wildman–Crippen LogP) is 2.00. The molecule has 3 N–H and O–H groups in total. The van der Waals surface area contributed by atoms with Crippen LogP contribution in [0.15, 0.2) is 24.3 Å². The monoisotopic (exact) mass is 284 g/mol. The maximum Gasteiger partial charge on any atom is 0.216 e. The Hall–Kier alpha value is -0.910. The smallest absolute Gasteiger partial charge is 0.216 e. The lowest BCUT2D eigenvalue weighted by Gasteiger charge is -2.20. The second kappa shape index (κ2) is 7.03. The van der Waals surface area contributed by atoms with Crippen molar-refractivity contribution >= 4 is 10.0 Å². The molecule has 1 aromatic carbocycles. The largest absolute Gasteiger partial charge is 0.326 e. The Morgan fingerprint density at radius 3 is 2.32 bits per heavy atom. The third kappa shape index (κ3) is 4.93. The Kier molecular flexibility index (Phi) is 5.97. The van der Waals surface area contributed by atoms with E-state index in [4.69, 9.17) is 5.73 Å². The van der Waals surface area contributed by atoms with Crippen molar-refractivity contribution in [2.24, 2.45) is 11.7 Å². The molecule has 0 saturated carbocycles. The summed E-state index contributed by atoms with van der Waals surface area (Å²) in [5.41, 5.74) is 7.28. The molecule has 5 heteroatoms. The van der Waals surface area contributed by atoms with E-state index in [0.29, 0.717) is 12.5 Å². The van der Waals surface area contributed by atoms with Gasteiger partial charge in [-0.3, -0.25) is 0 Å². The molecule has 1 aromatic rings. The fourth-order valence-corrected chi connectivity index (χ4v) is 3.47. The van der Waals surface area contributed by atoms with Crippen LogP contribution in [-0.2, 0) is 22.3 Å². The van der Waals surface area contributed by atoms with Crippen LogP contribution < -0.4 is 10.5 Å². The third-order valence-electron chi connectivity index (χ3n) is 3.55. The van der Waals surface area contributed by atoms with Gasteiger partial charge in [-0.15, -0.1) is 0 Å². The number of benzene rings is 1. The average molecular weight is 284 g/mol. The van der Waals surface area contributed by atoms with E-state index in [1.165, 1.54) is 0 Å². The van der Waals surface area contributed by atoms with Crippen molar-refractivity contribution in [3.05, 3.63) is 35.4 Å². The van der Waals surface area contributed by atoms with E-state index in [2.05, 4.69) is 11.6 Å². The molecule has 4 nitrogen and oxygen atoms in total. The van der Waals surface area contributed by atoms with Crippen LogP contribution in [0.3, 0.4) is 0 Å². The van der Waals surface area contributed by atoms with E-state index in [0.717, 1.165) is 17.5 Å². The fraction of sp³-hybridized carbons (Fsp3) is 0.571. The Bertz CT molecular complexity index is 500. The van der Waals surface area contributed by atoms with Gasteiger partial charge in [-0.2, -0.15) is 0 Å². The van der Waals surface area contributed by atoms with Crippen LogP contribution >= 0.6 is 0 Å². The molecule has 0 spiro atoms. The first-order valence-electron chi connectivity index (χ1n) is 6.66. The van der Waals surface area contributed by atoms with E-state index in [1.54, 1.807) is 0 Å². The zero-order valence-corrected chi connectivity index (χ0v) is 12.7. The van der Waals surface area contributed by atoms with Gasteiger partial charge in [0.05, 0.1) is 5.75 Å². The molecule has 0 aliphatic rings. The first-order valence-corrected chi connectivity index (χ1v) is 8.31. The van der Waals surface area contributed by atoms with Crippen LogP contribution in [0.25, 0.3) is 0 Å². The van der Waals surface area contributed by atoms with Crippen molar-refractivity contribution in [1.82, 2.24) is 4.72 Å². The molecule has 1 rings (SSSR count). The van der Waals surface area contributed by atoms with Gasteiger partial charge in [-0.05, 0) is 24.0 Å². The van der Waals surface area contributed by atoms with Gasteiger partial charge in [0.2, 0.25) is 10.0 Å². The zero-order chi connectivity index (χ0) is 14.5. The van der Waals surface area contributed by atoms with Crippen LogP contribution in [-0.4, -0.2) is 14.5 Å². The van der Waals surface area contributed by atoms with Crippen LogP contribution in [0.5, 0.6) is 0 Å². The lowest BCUT2D eigenvalue weighted by atomic mass is 10.0. The van der Waals surface area contributed by atoms with E-state index >= 15 is 0 Å². The minimum absolute atomic E-state index is 0.0128. The molecule has 0 aliphatic carbocycles. The molecular weight excluding hydrogens is 260 g/mol. The summed E-state index contributed by atoms with van der Waals surface area (Å²) in [6, 6.07) is 7.33. The van der Waals surface area contributed by atoms with Gasteiger partial charge >= 0.3 is 0 Å². The zero-order valence-electron chi connectivity index (χ0n) is 11.9. The Balaban J connectivity index is 2.80. The number of rotatable bonds is 7. The van der Waals surface area contributed by atoms with Crippen molar-refractivity contribution < 1.29 is 8.42 Å². The summed E-state index contributed by atoms with van der Waals surface area (Å²) in [4.78, 5) is 0. The van der Waals surface area contributed by atoms with E-state index < -0.39 is 10.0 Å². The van der Waals surface area contributed by atoms with Crippen molar-refractivity contribution in [3.8, 4) is 0 Å². The quantitative estimate of drug-likeness (QED) is 0.804. The third-order valence-corrected chi connectivity index (χ3v) is 4.97. The predicted molar refractivity (Wildman–Crippen MR) is 79.0 cm³/mol. The van der Waals surface area contributed by atoms with Gasteiger partial charge in [0.25, 0.3) is 0 Å². The van der Waals surface area contributed by atoms with E-state index in [9.17, 15) is 8.42 Å². The van der Waals surface area contributed by atoms with Crippen molar-refractivity contribution in [2.75, 3.05) is 0 Å². The first kappa shape index (κ1) is 16.1. The van der Waals surface area contributed by atoms with Crippen molar-refractivity contribution in [3.63, 3.8) is 0 Å². The van der Waals surface area contributed by atoms with Crippen LogP contribution in [0.4, 0.5) is 0 Å². The summed E-state index contributed by atoms with van der Waals surface area (Å²) in [6.45, 7) is 6.35. The van der Waals surface area contributed by atoms with Gasteiger partial charge < -0.3 is 5.73 Å². The topological polar surface area (TPSA) is 72.2 Å². The molecule has 0 heterocycles. The van der Waals surface area contributed by atoms with Crippen LogP contribution in [0, 0.1) is 5.92 Å². The number of nitrogens with one attached hydrogen (secondary N) is 1. The first-order chi connectivity index (χ1) is 8.89. The lowest BCUT2D eigenvalue weighted by molar-refractivity contribution is 0.433. The highest BCUT2D eigenvalue weighted by Crippen LogP contribution is 2.13. The Morgan fingerprint density at radius 1 is 1.21 bits per heavy atom. The number of hydrogen-bond donors (Lipinski definition) is 2. The molecule has 2 atom stereocenters. The Labute approximate surface area is 116 Å². The molecule has 0 aromatic heterocycles. The second-order valence-electron chi connectivity index (χ2n) is 5.02. The van der Waals surface area contributed by atoms with Gasteiger partial charge in [0.1, 0.15) is 0 Å². The van der Waals surface area contributed by atoms with Crippen molar-refractivity contribution in [2.45, 2.75) is 45.5 Å². The van der Waals surface area contributed by atoms with Gasteiger partial charge in [0, 0.05) is 12.6 Å². The molecular formula is C14H24N2O2S. The SMILES string of the molecule is CCC(C)C(C)NS(=O)(=O)Cc1ccccc1CN. The number of nitrogens with two attached hydrogens (primary N) is 1. The summed E-state index contributed by atoms with van der Waals surface area (Å²) in [5, 5.41) is 0. The standard InChI is InChI=1S/C14H24N2O2S/c1-4-11(2)12(3)16-19(17,18)10-14-8-6-5-7-13(14)9-15/h5-8,11-12,16H,4,9-10,15H2,1-3H3. The maximum absolute atomic E-state index is 12.1. The molecule has 0 amide bonds. The van der Waals surface area contributed by atoms with Gasteiger partial charge in [-0.1, -0.05) is 44.5 Å². The summed E-state index contributed by atoms with van der Waals surface area (Å²) >= 11 is 0. The summed E-state index contributed by atoms with van der Waals surface area (Å²) in [6.07, 6.45) is 0.947. The molecule has 19 heavy (non-hydrogen) atoms. The Morgan fingerprint density at radius 2 is 1.79 bits per heavy atom. The summed E-state index contributed by atoms with van der Waals surface area (Å²) in [7, 11) is -3.33. The fourth-order valence-electron chi connectivity index (χ4n) is 1.90. The summed E-state index contributed by atoms with van der Waals surface area (Å²) in [5.74, 6) is 0.306. The average Bonchev–Trinajstić information content (AvgIpc) is 2.37. The minimum Gasteiger partial charge on any atom is -0.326 e. The molecule has 0 radical (unpaired) electrons. The van der Waals surface area contributed by atoms with Gasteiger partial charge in [0.15, 0.2) is 0 Å². The highest BCUT2D eigenvalue weighted by Gasteiger charge is 2.19.